The molecule has 0 bridgehead atoms. The van der Waals surface area contributed by atoms with Crippen molar-refractivity contribution in [1.82, 2.24) is 0 Å². The molecule has 1 aromatic rings. The maximum Gasteiger partial charge on any atom is 0.119 e. The highest BCUT2D eigenvalue weighted by Crippen LogP contribution is 2.16. The molecule has 3 nitrogen and oxygen atoms in total. The van der Waals surface area contributed by atoms with Gasteiger partial charge in [-0.25, -0.2) is 0 Å². The largest absolute Gasteiger partial charge is 0.494 e. The Hall–Kier alpha value is -1.22. The molecule has 2 N–H and O–H groups in total. The Labute approximate surface area is 97.4 Å². The second-order valence-corrected chi connectivity index (χ2v) is 4.45. The van der Waals surface area contributed by atoms with Crippen molar-refractivity contribution in [1.29, 1.82) is 0 Å². The molecule has 90 valence electrons. The normalized spacial score (nSPS) is 11.2. The van der Waals surface area contributed by atoms with Crippen molar-refractivity contribution < 1.29 is 9.84 Å². The first-order chi connectivity index (χ1) is 7.51. The summed E-state index contributed by atoms with van der Waals surface area (Å²) in [7, 11) is 0. The number of hydrogen-bond acceptors (Lipinski definition) is 3. The summed E-state index contributed by atoms with van der Waals surface area (Å²) in [5, 5.41) is 12.8. The fourth-order valence-corrected chi connectivity index (χ4v) is 1.35. The van der Waals surface area contributed by atoms with E-state index in [2.05, 4.69) is 5.32 Å². The smallest absolute Gasteiger partial charge is 0.119 e. The third-order valence-corrected chi connectivity index (χ3v) is 2.23. The Morgan fingerprint density at radius 3 is 2.38 bits per heavy atom. The molecule has 3 heteroatoms. The van der Waals surface area contributed by atoms with E-state index in [1.165, 1.54) is 0 Å². The van der Waals surface area contributed by atoms with Crippen LogP contribution in [0.2, 0.25) is 0 Å². The molecule has 0 aliphatic carbocycles. The van der Waals surface area contributed by atoms with E-state index in [1.807, 2.05) is 45.0 Å². The monoisotopic (exact) mass is 223 g/mol. The molecule has 0 fully saturated rings. The number of aliphatic hydroxyl groups is 1. The SMILES string of the molecule is CCOc1ccc(NCCC(C)(C)O)cc1. The van der Waals surface area contributed by atoms with Crippen LogP contribution in [0.3, 0.4) is 0 Å². The topological polar surface area (TPSA) is 41.5 Å². The van der Waals surface area contributed by atoms with Gasteiger partial charge in [0.25, 0.3) is 0 Å². The van der Waals surface area contributed by atoms with Gasteiger partial charge < -0.3 is 15.2 Å². The van der Waals surface area contributed by atoms with Gasteiger partial charge in [-0.15, -0.1) is 0 Å². The molecular formula is C13H21NO2. The van der Waals surface area contributed by atoms with E-state index in [0.717, 1.165) is 24.4 Å². The van der Waals surface area contributed by atoms with Gasteiger partial charge in [0.15, 0.2) is 0 Å². The molecule has 0 saturated heterocycles. The Balaban J connectivity index is 2.37. The predicted octanol–water partition coefficient (Wildman–Crippen LogP) is 2.66. The maximum absolute atomic E-state index is 9.55. The lowest BCUT2D eigenvalue weighted by molar-refractivity contribution is 0.0749. The minimum absolute atomic E-state index is 0.613. The van der Waals surface area contributed by atoms with Crippen LogP contribution in [-0.4, -0.2) is 23.9 Å². The fourth-order valence-electron chi connectivity index (χ4n) is 1.35. The lowest BCUT2D eigenvalue weighted by Crippen LogP contribution is -2.22. The first-order valence-corrected chi connectivity index (χ1v) is 5.70. The molecule has 0 radical (unpaired) electrons. The van der Waals surface area contributed by atoms with Crippen LogP contribution >= 0.6 is 0 Å². The van der Waals surface area contributed by atoms with Crippen LogP contribution in [-0.2, 0) is 0 Å². The average Bonchev–Trinajstić information content (AvgIpc) is 2.19. The van der Waals surface area contributed by atoms with E-state index in [9.17, 15) is 5.11 Å². The number of hydrogen-bond donors (Lipinski definition) is 2. The quantitative estimate of drug-likeness (QED) is 0.779. The second-order valence-electron chi connectivity index (χ2n) is 4.45. The standard InChI is InChI=1S/C13H21NO2/c1-4-16-12-7-5-11(6-8-12)14-10-9-13(2,3)15/h5-8,14-15H,4,9-10H2,1-3H3. The van der Waals surface area contributed by atoms with Gasteiger partial charge in [0.05, 0.1) is 12.2 Å². The van der Waals surface area contributed by atoms with Crippen molar-refractivity contribution in [2.24, 2.45) is 0 Å². The molecule has 0 amide bonds. The number of anilines is 1. The van der Waals surface area contributed by atoms with Crippen molar-refractivity contribution >= 4 is 5.69 Å². The van der Waals surface area contributed by atoms with Crippen LogP contribution < -0.4 is 10.1 Å². The number of ether oxygens (including phenoxy) is 1. The molecular weight excluding hydrogens is 202 g/mol. The highest BCUT2D eigenvalue weighted by atomic mass is 16.5. The van der Waals surface area contributed by atoms with Crippen LogP contribution in [0, 0.1) is 0 Å². The molecule has 0 unspecified atom stereocenters. The molecule has 0 aliphatic rings. The summed E-state index contributed by atoms with van der Waals surface area (Å²) >= 11 is 0. The zero-order chi connectivity index (χ0) is 12.0. The molecule has 1 aromatic carbocycles. The summed E-state index contributed by atoms with van der Waals surface area (Å²) in [6, 6.07) is 7.84. The lowest BCUT2D eigenvalue weighted by atomic mass is 10.1. The zero-order valence-electron chi connectivity index (χ0n) is 10.3. The molecule has 0 aliphatic heterocycles. The van der Waals surface area contributed by atoms with Crippen molar-refractivity contribution in [2.45, 2.75) is 32.8 Å². The van der Waals surface area contributed by atoms with Gasteiger partial charge in [0.1, 0.15) is 5.75 Å². The van der Waals surface area contributed by atoms with Crippen LogP contribution in [0.4, 0.5) is 5.69 Å². The van der Waals surface area contributed by atoms with Gasteiger partial charge in [0.2, 0.25) is 0 Å². The average molecular weight is 223 g/mol. The Morgan fingerprint density at radius 2 is 1.88 bits per heavy atom. The molecule has 1 rings (SSSR count). The minimum atomic E-state index is -0.613. The minimum Gasteiger partial charge on any atom is -0.494 e. The van der Waals surface area contributed by atoms with Crippen molar-refractivity contribution in [3.63, 3.8) is 0 Å². The second kappa shape index (κ2) is 5.75. The zero-order valence-corrected chi connectivity index (χ0v) is 10.3. The van der Waals surface area contributed by atoms with Crippen molar-refractivity contribution in [2.75, 3.05) is 18.5 Å². The van der Waals surface area contributed by atoms with E-state index < -0.39 is 5.60 Å². The first-order valence-electron chi connectivity index (χ1n) is 5.70. The third kappa shape index (κ3) is 5.03. The first kappa shape index (κ1) is 12.8. The lowest BCUT2D eigenvalue weighted by Gasteiger charge is -2.17. The van der Waals surface area contributed by atoms with Gasteiger partial charge in [-0.05, 0) is 51.5 Å². The predicted molar refractivity (Wildman–Crippen MR) is 67.0 cm³/mol. The number of benzene rings is 1. The summed E-state index contributed by atoms with van der Waals surface area (Å²) in [5.41, 5.74) is 0.436. The van der Waals surface area contributed by atoms with Crippen LogP contribution in [0.5, 0.6) is 5.75 Å². The summed E-state index contributed by atoms with van der Waals surface area (Å²) in [4.78, 5) is 0. The molecule has 0 spiro atoms. The van der Waals surface area contributed by atoms with E-state index >= 15 is 0 Å². The Morgan fingerprint density at radius 1 is 1.25 bits per heavy atom. The summed E-state index contributed by atoms with van der Waals surface area (Å²) in [6.45, 7) is 7.04. The molecule has 16 heavy (non-hydrogen) atoms. The van der Waals surface area contributed by atoms with E-state index in [0.29, 0.717) is 6.61 Å². The fraction of sp³-hybridized carbons (Fsp3) is 0.538. The van der Waals surface area contributed by atoms with Crippen LogP contribution in [0.1, 0.15) is 27.2 Å². The maximum atomic E-state index is 9.55. The van der Waals surface area contributed by atoms with Crippen LogP contribution in [0.15, 0.2) is 24.3 Å². The van der Waals surface area contributed by atoms with Gasteiger partial charge >= 0.3 is 0 Å². The van der Waals surface area contributed by atoms with E-state index in [1.54, 1.807) is 0 Å². The molecule has 0 atom stereocenters. The van der Waals surface area contributed by atoms with E-state index in [-0.39, 0.29) is 0 Å². The molecule has 0 saturated carbocycles. The van der Waals surface area contributed by atoms with E-state index in [4.69, 9.17) is 4.74 Å². The third-order valence-electron chi connectivity index (χ3n) is 2.23. The van der Waals surface area contributed by atoms with Gasteiger partial charge in [-0.1, -0.05) is 0 Å². The molecule has 0 heterocycles. The van der Waals surface area contributed by atoms with Crippen molar-refractivity contribution in [3.05, 3.63) is 24.3 Å². The van der Waals surface area contributed by atoms with Gasteiger partial charge in [0, 0.05) is 12.2 Å². The van der Waals surface area contributed by atoms with Crippen LogP contribution in [0.25, 0.3) is 0 Å². The number of rotatable bonds is 6. The Kier molecular flexibility index (Phi) is 4.62. The van der Waals surface area contributed by atoms with Gasteiger partial charge in [-0.2, -0.15) is 0 Å². The highest BCUT2D eigenvalue weighted by Gasteiger charge is 2.10. The van der Waals surface area contributed by atoms with Crippen molar-refractivity contribution in [3.8, 4) is 5.75 Å². The Bertz CT molecular complexity index is 301. The molecule has 0 aromatic heterocycles. The number of nitrogens with one attached hydrogen (secondary N) is 1. The highest BCUT2D eigenvalue weighted by molar-refractivity contribution is 5.46. The summed E-state index contributed by atoms with van der Waals surface area (Å²) in [5.74, 6) is 0.885. The summed E-state index contributed by atoms with van der Waals surface area (Å²) in [6.07, 6.45) is 0.722. The van der Waals surface area contributed by atoms with Gasteiger partial charge in [-0.3, -0.25) is 0 Å². The summed E-state index contributed by atoms with van der Waals surface area (Å²) < 4.78 is 5.35.